The molecular weight excluding hydrogens is 294 g/mol. The standard InChI is InChI=1S/C14H19NO3S2/c1-20(16,17)18-10-11-8-15(9-11)12-2-4-13(5-3-12)19-14-6-7-14/h2-5,11,14H,6-10H2,1H3. The highest BCUT2D eigenvalue weighted by molar-refractivity contribution is 8.00. The third-order valence-electron chi connectivity index (χ3n) is 3.50. The van der Waals surface area contributed by atoms with Crippen molar-refractivity contribution in [3.8, 4) is 0 Å². The number of thioether (sulfide) groups is 1. The SMILES string of the molecule is CS(=O)(=O)OCC1CN(c2ccc(SC3CC3)cc2)C1. The Bertz CT molecular complexity index is 561. The molecule has 2 fully saturated rings. The number of hydrogen-bond acceptors (Lipinski definition) is 5. The molecule has 1 aliphatic heterocycles. The fraction of sp³-hybridized carbons (Fsp3) is 0.571. The van der Waals surface area contributed by atoms with E-state index in [1.54, 1.807) is 0 Å². The molecule has 0 bridgehead atoms. The Kier molecular flexibility index (Phi) is 3.97. The summed E-state index contributed by atoms with van der Waals surface area (Å²) in [6.07, 6.45) is 3.79. The van der Waals surface area contributed by atoms with E-state index in [-0.39, 0.29) is 0 Å². The molecule has 1 heterocycles. The largest absolute Gasteiger partial charge is 0.371 e. The average molecular weight is 313 g/mol. The van der Waals surface area contributed by atoms with Crippen molar-refractivity contribution >= 4 is 27.6 Å². The van der Waals surface area contributed by atoms with Gasteiger partial charge in [-0.3, -0.25) is 4.18 Å². The van der Waals surface area contributed by atoms with Crippen molar-refractivity contribution in [2.75, 3.05) is 30.9 Å². The third-order valence-corrected chi connectivity index (χ3v) is 5.42. The summed E-state index contributed by atoms with van der Waals surface area (Å²) < 4.78 is 26.7. The first-order valence-corrected chi connectivity index (χ1v) is 9.55. The van der Waals surface area contributed by atoms with Crippen LogP contribution in [0.4, 0.5) is 5.69 Å². The zero-order chi connectivity index (χ0) is 14.2. The first-order chi connectivity index (χ1) is 9.49. The van der Waals surface area contributed by atoms with E-state index >= 15 is 0 Å². The maximum Gasteiger partial charge on any atom is 0.264 e. The molecule has 3 rings (SSSR count). The summed E-state index contributed by atoms with van der Waals surface area (Å²) in [6, 6.07) is 8.66. The van der Waals surface area contributed by atoms with Crippen LogP contribution in [0.5, 0.6) is 0 Å². The maximum atomic E-state index is 10.9. The van der Waals surface area contributed by atoms with E-state index in [0.717, 1.165) is 24.6 Å². The molecule has 0 radical (unpaired) electrons. The lowest BCUT2D eigenvalue weighted by atomic mass is 10.0. The Balaban J connectivity index is 1.46. The molecule has 1 saturated heterocycles. The van der Waals surface area contributed by atoms with Gasteiger partial charge in [0.2, 0.25) is 0 Å². The molecule has 1 aromatic carbocycles. The van der Waals surface area contributed by atoms with Crippen molar-refractivity contribution in [1.29, 1.82) is 0 Å². The van der Waals surface area contributed by atoms with Gasteiger partial charge in [-0.1, -0.05) is 0 Å². The van der Waals surface area contributed by atoms with Crippen LogP contribution in [-0.4, -0.2) is 39.6 Å². The minimum atomic E-state index is -3.31. The van der Waals surface area contributed by atoms with E-state index in [4.69, 9.17) is 4.18 Å². The average Bonchev–Trinajstić information content (AvgIpc) is 3.11. The van der Waals surface area contributed by atoms with Gasteiger partial charge in [-0.05, 0) is 37.1 Å². The molecular formula is C14H19NO3S2. The Hall–Kier alpha value is -0.720. The van der Waals surface area contributed by atoms with Gasteiger partial charge in [0, 0.05) is 34.8 Å². The van der Waals surface area contributed by atoms with E-state index in [2.05, 4.69) is 29.2 Å². The normalized spacial score (nSPS) is 19.9. The molecule has 0 unspecified atom stereocenters. The zero-order valence-electron chi connectivity index (χ0n) is 11.5. The van der Waals surface area contributed by atoms with Gasteiger partial charge in [0.25, 0.3) is 10.1 Å². The first-order valence-electron chi connectivity index (χ1n) is 6.86. The molecule has 0 N–H and O–H groups in total. The second-order valence-corrected chi connectivity index (χ2v) is 8.59. The van der Waals surface area contributed by atoms with E-state index < -0.39 is 10.1 Å². The van der Waals surface area contributed by atoms with E-state index in [1.807, 2.05) is 11.8 Å². The number of nitrogens with zero attached hydrogens (tertiary/aromatic N) is 1. The molecule has 1 saturated carbocycles. The van der Waals surface area contributed by atoms with Crippen LogP contribution in [0.25, 0.3) is 0 Å². The summed E-state index contributed by atoms with van der Waals surface area (Å²) in [5, 5.41) is 0.836. The van der Waals surface area contributed by atoms with Crippen LogP contribution in [-0.2, 0) is 14.3 Å². The zero-order valence-corrected chi connectivity index (χ0v) is 13.1. The molecule has 0 spiro atoms. The minimum absolute atomic E-state index is 0.297. The molecule has 0 amide bonds. The lowest BCUT2D eigenvalue weighted by Crippen LogP contribution is -2.49. The third kappa shape index (κ3) is 3.90. The van der Waals surface area contributed by atoms with Gasteiger partial charge in [0.1, 0.15) is 0 Å². The summed E-state index contributed by atoms with van der Waals surface area (Å²) in [5.41, 5.74) is 1.21. The number of rotatable bonds is 6. The first kappa shape index (κ1) is 14.2. The second-order valence-electron chi connectivity index (χ2n) is 5.57. The van der Waals surface area contributed by atoms with Gasteiger partial charge in [0.05, 0.1) is 12.9 Å². The quantitative estimate of drug-likeness (QED) is 0.755. The van der Waals surface area contributed by atoms with Gasteiger partial charge in [-0.25, -0.2) is 0 Å². The van der Waals surface area contributed by atoms with Crippen molar-refractivity contribution in [3.63, 3.8) is 0 Å². The molecule has 1 aromatic rings. The predicted molar refractivity (Wildman–Crippen MR) is 81.8 cm³/mol. The Morgan fingerprint density at radius 2 is 1.90 bits per heavy atom. The highest BCUT2D eigenvalue weighted by Gasteiger charge is 2.28. The number of benzene rings is 1. The monoisotopic (exact) mass is 313 g/mol. The van der Waals surface area contributed by atoms with Crippen molar-refractivity contribution in [1.82, 2.24) is 0 Å². The van der Waals surface area contributed by atoms with Crippen LogP contribution < -0.4 is 4.90 Å². The highest BCUT2D eigenvalue weighted by Crippen LogP contribution is 2.39. The molecule has 0 atom stereocenters. The number of anilines is 1. The fourth-order valence-corrected chi connectivity index (χ4v) is 3.71. The van der Waals surface area contributed by atoms with Gasteiger partial charge >= 0.3 is 0 Å². The molecule has 2 aliphatic rings. The summed E-state index contributed by atoms with van der Waals surface area (Å²) >= 11 is 1.96. The van der Waals surface area contributed by atoms with E-state index in [0.29, 0.717) is 12.5 Å². The number of hydrogen-bond donors (Lipinski definition) is 0. The smallest absolute Gasteiger partial charge is 0.264 e. The Morgan fingerprint density at radius 1 is 1.25 bits per heavy atom. The van der Waals surface area contributed by atoms with Gasteiger partial charge < -0.3 is 4.90 Å². The van der Waals surface area contributed by atoms with Gasteiger partial charge in [-0.2, -0.15) is 8.42 Å². The topological polar surface area (TPSA) is 46.6 Å². The van der Waals surface area contributed by atoms with Crippen molar-refractivity contribution in [2.45, 2.75) is 23.0 Å². The minimum Gasteiger partial charge on any atom is -0.371 e. The van der Waals surface area contributed by atoms with Crippen LogP contribution in [0.2, 0.25) is 0 Å². The van der Waals surface area contributed by atoms with Crippen molar-refractivity contribution in [3.05, 3.63) is 24.3 Å². The second kappa shape index (κ2) is 5.58. The van der Waals surface area contributed by atoms with E-state index in [9.17, 15) is 8.42 Å². The van der Waals surface area contributed by atoms with Crippen LogP contribution in [0, 0.1) is 5.92 Å². The Morgan fingerprint density at radius 3 is 2.45 bits per heavy atom. The molecule has 0 aromatic heterocycles. The summed E-state index contributed by atoms with van der Waals surface area (Å²) in [7, 11) is -3.31. The Labute approximate surface area is 124 Å². The highest BCUT2D eigenvalue weighted by atomic mass is 32.2. The maximum absolute atomic E-state index is 10.9. The summed E-state index contributed by atoms with van der Waals surface area (Å²) in [6.45, 7) is 2.03. The summed E-state index contributed by atoms with van der Waals surface area (Å²) in [5.74, 6) is 0.310. The van der Waals surface area contributed by atoms with Crippen LogP contribution >= 0.6 is 11.8 Å². The van der Waals surface area contributed by atoms with Gasteiger partial charge in [0.15, 0.2) is 0 Å². The van der Waals surface area contributed by atoms with Crippen LogP contribution in [0.1, 0.15) is 12.8 Å². The molecule has 4 nitrogen and oxygen atoms in total. The predicted octanol–water partition coefficient (Wildman–Crippen LogP) is 2.35. The molecule has 110 valence electrons. The molecule has 20 heavy (non-hydrogen) atoms. The van der Waals surface area contributed by atoms with Crippen LogP contribution in [0.15, 0.2) is 29.2 Å². The van der Waals surface area contributed by atoms with Crippen molar-refractivity contribution < 1.29 is 12.6 Å². The van der Waals surface area contributed by atoms with E-state index in [1.165, 1.54) is 23.4 Å². The van der Waals surface area contributed by atoms with Crippen molar-refractivity contribution in [2.24, 2.45) is 5.92 Å². The molecule has 1 aliphatic carbocycles. The summed E-state index contributed by atoms with van der Waals surface area (Å²) in [4.78, 5) is 3.59. The lowest BCUT2D eigenvalue weighted by molar-refractivity contribution is 0.228. The fourth-order valence-electron chi connectivity index (χ4n) is 2.22. The van der Waals surface area contributed by atoms with Crippen LogP contribution in [0.3, 0.4) is 0 Å². The van der Waals surface area contributed by atoms with Gasteiger partial charge in [-0.15, -0.1) is 11.8 Å². The molecule has 6 heteroatoms. The lowest BCUT2D eigenvalue weighted by Gasteiger charge is -2.40.